The molecule has 0 bridgehead atoms. The molecule has 36 heavy (non-hydrogen) atoms. The molecule has 1 N–H and O–H groups in total. The Kier molecular flexibility index (Phi) is 8.29. The summed E-state index contributed by atoms with van der Waals surface area (Å²) >= 11 is 17.4. The highest BCUT2D eigenvalue weighted by atomic mass is 35.5. The first-order chi connectivity index (χ1) is 17.6. The molecule has 2 heterocycles. The summed E-state index contributed by atoms with van der Waals surface area (Å²) in [7, 11) is 0. The van der Waals surface area contributed by atoms with Crippen molar-refractivity contribution in [3.63, 3.8) is 0 Å². The van der Waals surface area contributed by atoms with E-state index in [-0.39, 0.29) is 6.04 Å². The third kappa shape index (κ3) is 5.96. The fraction of sp³-hybridized carbons (Fsp3) is 0.310. The number of piperazine rings is 1. The van der Waals surface area contributed by atoms with Gasteiger partial charge in [0.2, 0.25) is 0 Å². The average Bonchev–Trinajstić information content (AvgIpc) is 3.01. The van der Waals surface area contributed by atoms with Crippen molar-refractivity contribution in [3.8, 4) is 0 Å². The second-order valence-corrected chi connectivity index (χ2v) is 10.8. The standard InChI is InChI=1S/C29H31ClN4S2/c30-24-13-11-23(12-14-24)29(22-7-2-1-3-8-22)33-19-17-32(18-20-33)15-6-16-34-26-10-5-4-9-25(26)31-27(35)21-28(34)36/h1-5,7-14,29H,6,15-21H2,(H,31,35). The van der Waals surface area contributed by atoms with E-state index in [1.54, 1.807) is 0 Å². The van der Waals surface area contributed by atoms with E-state index in [1.165, 1.54) is 11.1 Å². The van der Waals surface area contributed by atoms with Crippen molar-refractivity contribution < 1.29 is 0 Å². The molecule has 2 aliphatic heterocycles. The zero-order valence-electron chi connectivity index (χ0n) is 20.3. The van der Waals surface area contributed by atoms with E-state index in [2.05, 4.69) is 80.7 Å². The lowest BCUT2D eigenvalue weighted by atomic mass is 9.96. The van der Waals surface area contributed by atoms with E-state index in [0.29, 0.717) is 6.42 Å². The second-order valence-electron chi connectivity index (χ2n) is 9.38. The fourth-order valence-electron chi connectivity index (χ4n) is 5.21. The number of hydrogen-bond donors (Lipinski definition) is 1. The number of benzene rings is 3. The molecule has 186 valence electrons. The van der Waals surface area contributed by atoms with Crippen molar-refractivity contribution in [1.82, 2.24) is 9.80 Å². The van der Waals surface area contributed by atoms with Crippen molar-refractivity contribution in [2.75, 3.05) is 49.5 Å². The van der Waals surface area contributed by atoms with Gasteiger partial charge in [0.1, 0.15) is 0 Å². The zero-order valence-corrected chi connectivity index (χ0v) is 22.7. The van der Waals surface area contributed by atoms with E-state index in [0.717, 1.165) is 72.1 Å². The van der Waals surface area contributed by atoms with Gasteiger partial charge in [-0.05, 0) is 48.4 Å². The Hall–Kier alpha value is -2.35. The van der Waals surface area contributed by atoms with Crippen LogP contribution in [-0.4, -0.2) is 59.0 Å². The number of nitrogens with zero attached hydrogens (tertiary/aromatic N) is 3. The minimum Gasteiger partial charge on any atom is -0.348 e. The number of para-hydroxylation sites is 2. The average molecular weight is 535 g/mol. The number of halogens is 1. The van der Waals surface area contributed by atoms with Gasteiger partial charge in [0.25, 0.3) is 0 Å². The zero-order chi connectivity index (χ0) is 24.9. The largest absolute Gasteiger partial charge is 0.348 e. The Bertz CT molecular complexity index is 1190. The van der Waals surface area contributed by atoms with Gasteiger partial charge in [-0.15, -0.1) is 0 Å². The lowest BCUT2D eigenvalue weighted by molar-refractivity contribution is 0.109. The quantitative estimate of drug-likeness (QED) is 0.351. The van der Waals surface area contributed by atoms with Crippen molar-refractivity contribution in [2.45, 2.75) is 18.9 Å². The van der Waals surface area contributed by atoms with Crippen LogP contribution < -0.4 is 10.2 Å². The predicted molar refractivity (Wildman–Crippen MR) is 160 cm³/mol. The first-order valence-electron chi connectivity index (χ1n) is 12.5. The highest BCUT2D eigenvalue weighted by Gasteiger charge is 2.27. The summed E-state index contributed by atoms with van der Waals surface area (Å²) in [6, 6.07) is 27.7. The normalized spacial score (nSPS) is 17.9. The van der Waals surface area contributed by atoms with Gasteiger partial charge in [-0.25, -0.2) is 0 Å². The Balaban J connectivity index is 1.20. The smallest absolute Gasteiger partial charge is 0.0892 e. The molecule has 0 aromatic heterocycles. The summed E-state index contributed by atoms with van der Waals surface area (Å²) in [5.41, 5.74) is 4.79. The number of rotatable bonds is 7. The molecule has 2 aliphatic rings. The Morgan fingerprint density at radius 2 is 1.44 bits per heavy atom. The molecule has 7 heteroatoms. The van der Waals surface area contributed by atoms with Crippen molar-refractivity contribution in [1.29, 1.82) is 0 Å². The van der Waals surface area contributed by atoms with Gasteiger partial charge in [0, 0.05) is 44.2 Å². The molecule has 4 nitrogen and oxygen atoms in total. The summed E-state index contributed by atoms with van der Waals surface area (Å²) in [5, 5.41) is 4.12. The van der Waals surface area contributed by atoms with E-state index in [1.807, 2.05) is 18.2 Å². The van der Waals surface area contributed by atoms with Crippen LogP contribution in [0.4, 0.5) is 11.4 Å². The molecule has 1 unspecified atom stereocenters. The fourth-order valence-corrected chi connectivity index (χ4v) is 6.01. The molecule has 1 saturated heterocycles. The summed E-state index contributed by atoms with van der Waals surface area (Å²) in [5.74, 6) is 0. The lowest BCUT2D eigenvalue weighted by Gasteiger charge is -2.40. The van der Waals surface area contributed by atoms with Crippen LogP contribution in [0.15, 0.2) is 78.9 Å². The highest BCUT2D eigenvalue weighted by molar-refractivity contribution is 7.82. The Morgan fingerprint density at radius 1 is 0.778 bits per heavy atom. The first kappa shape index (κ1) is 25.3. The van der Waals surface area contributed by atoms with Gasteiger partial charge >= 0.3 is 0 Å². The summed E-state index contributed by atoms with van der Waals surface area (Å²) in [6.45, 7) is 6.14. The number of thiocarbonyl (C=S) groups is 2. The van der Waals surface area contributed by atoms with Crippen LogP contribution in [0.25, 0.3) is 0 Å². The monoisotopic (exact) mass is 534 g/mol. The SMILES string of the molecule is S=C1CC(=S)N(CCCN2CCN(C(c3ccccc3)c3ccc(Cl)cc3)CC2)c2ccccc2N1. The summed E-state index contributed by atoms with van der Waals surface area (Å²) < 4.78 is 0. The maximum atomic E-state index is 6.18. The predicted octanol–water partition coefficient (Wildman–Crippen LogP) is 6.41. The van der Waals surface area contributed by atoms with Crippen LogP contribution >= 0.6 is 36.0 Å². The van der Waals surface area contributed by atoms with Crippen LogP contribution in [0.5, 0.6) is 0 Å². The molecular formula is C29H31ClN4S2. The molecular weight excluding hydrogens is 504 g/mol. The third-order valence-corrected chi connectivity index (χ3v) is 7.87. The lowest BCUT2D eigenvalue weighted by Crippen LogP contribution is -2.48. The van der Waals surface area contributed by atoms with Crippen LogP contribution in [-0.2, 0) is 0 Å². The van der Waals surface area contributed by atoms with Crippen molar-refractivity contribution >= 4 is 57.4 Å². The molecule has 5 rings (SSSR count). The molecule has 0 radical (unpaired) electrons. The van der Waals surface area contributed by atoms with E-state index >= 15 is 0 Å². The van der Waals surface area contributed by atoms with Gasteiger partial charge in [-0.3, -0.25) is 4.90 Å². The highest BCUT2D eigenvalue weighted by Crippen LogP contribution is 2.31. The second kappa shape index (κ2) is 11.8. The van der Waals surface area contributed by atoms with Gasteiger partial charge in [0.15, 0.2) is 0 Å². The molecule has 0 spiro atoms. The van der Waals surface area contributed by atoms with Crippen LogP contribution in [0.3, 0.4) is 0 Å². The Labute approximate surface area is 229 Å². The molecule has 1 atom stereocenters. The number of anilines is 2. The molecule has 3 aromatic rings. The van der Waals surface area contributed by atoms with Gasteiger partial charge < -0.3 is 15.1 Å². The topological polar surface area (TPSA) is 21.8 Å². The molecule has 0 amide bonds. The Morgan fingerprint density at radius 3 is 2.19 bits per heavy atom. The van der Waals surface area contributed by atoms with Gasteiger partial charge in [-0.1, -0.05) is 90.6 Å². The first-order valence-corrected chi connectivity index (χ1v) is 13.7. The molecule has 1 fully saturated rings. The summed E-state index contributed by atoms with van der Waals surface area (Å²) in [6.07, 6.45) is 1.68. The van der Waals surface area contributed by atoms with Crippen LogP contribution in [0.2, 0.25) is 5.02 Å². The van der Waals surface area contributed by atoms with Crippen LogP contribution in [0, 0.1) is 0 Å². The minimum absolute atomic E-state index is 0.243. The van der Waals surface area contributed by atoms with Gasteiger partial charge in [0.05, 0.1) is 27.4 Å². The molecule has 0 aliphatic carbocycles. The third-order valence-electron chi connectivity index (χ3n) is 7.01. The minimum atomic E-state index is 0.243. The maximum absolute atomic E-state index is 6.18. The van der Waals surface area contributed by atoms with Crippen LogP contribution in [0.1, 0.15) is 30.0 Å². The number of nitrogens with one attached hydrogen (secondary N) is 1. The van der Waals surface area contributed by atoms with Crippen molar-refractivity contribution in [2.24, 2.45) is 0 Å². The van der Waals surface area contributed by atoms with E-state index in [4.69, 9.17) is 36.0 Å². The van der Waals surface area contributed by atoms with E-state index < -0.39 is 0 Å². The van der Waals surface area contributed by atoms with Crippen molar-refractivity contribution in [3.05, 3.63) is 95.0 Å². The van der Waals surface area contributed by atoms with E-state index in [9.17, 15) is 0 Å². The maximum Gasteiger partial charge on any atom is 0.0892 e. The summed E-state index contributed by atoms with van der Waals surface area (Å²) in [4.78, 5) is 9.13. The number of hydrogen-bond acceptors (Lipinski definition) is 4. The van der Waals surface area contributed by atoms with Gasteiger partial charge in [-0.2, -0.15) is 0 Å². The molecule has 0 saturated carbocycles. The number of fused-ring (bicyclic) bond motifs is 1. The molecule has 3 aromatic carbocycles.